The molecular weight excluding hydrogens is 380 g/mol. The Kier molecular flexibility index (Phi) is 5.84. The smallest absolute Gasteiger partial charge is 0.341 e. The van der Waals surface area contributed by atoms with E-state index < -0.39 is 29.7 Å². The average molecular weight is 405 g/mol. The number of rotatable bonds is 3. The summed E-state index contributed by atoms with van der Waals surface area (Å²) in [6.07, 6.45) is 0.270. The molecule has 2 aromatic rings. The molecule has 0 amide bonds. The number of alkyl halides is 1. The maximum Gasteiger partial charge on any atom is 0.341 e. The Morgan fingerprint density at radius 2 is 2.03 bits per heavy atom. The molecule has 0 spiro atoms. The maximum atomic E-state index is 14.6. The van der Waals surface area contributed by atoms with Crippen molar-refractivity contribution in [2.24, 2.45) is 0 Å². The van der Waals surface area contributed by atoms with E-state index in [0.29, 0.717) is 24.1 Å². The van der Waals surface area contributed by atoms with Crippen LogP contribution in [0.1, 0.15) is 62.0 Å². The zero-order valence-corrected chi connectivity index (χ0v) is 16.7. The standard InChI is InChI=1S/C21H25F2N3O3/c1-21(2,3)29-20(28)13-6-4-12(9-14(13)22)18-19(24)25-10-16(26-18)11-5-7-17(27)15(23)8-11/h4,6,9-11,15,17,27H,5,7-8H2,1-3H3,(H2,24,25)/t11-,15+,17-/m0/s1. The number of nitrogen functional groups attached to an aromatic ring is 1. The van der Waals surface area contributed by atoms with E-state index in [9.17, 15) is 18.7 Å². The molecule has 1 aromatic heterocycles. The van der Waals surface area contributed by atoms with E-state index in [-0.39, 0.29) is 29.4 Å². The Morgan fingerprint density at radius 3 is 2.66 bits per heavy atom. The van der Waals surface area contributed by atoms with Gasteiger partial charge in [0.05, 0.1) is 23.6 Å². The molecule has 156 valence electrons. The number of esters is 1. The van der Waals surface area contributed by atoms with Crippen LogP contribution in [0.15, 0.2) is 24.4 Å². The molecule has 29 heavy (non-hydrogen) atoms. The lowest BCUT2D eigenvalue weighted by Crippen LogP contribution is -2.30. The van der Waals surface area contributed by atoms with E-state index in [1.807, 2.05) is 0 Å². The number of anilines is 1. The van der Waals surface area contributed by atoms with Gasteiger partial charge in [0.1, 0.15) is 29.1 Å². The molecule has 3 rings (SSSR count). The fraction of sp³-hybridized carbons (Fsp3) is 0.476. The van der Waals surface area contributed by atoms with Crippen LogP contribution in [0, 0.1) is 5.82 Å². The van der Waals surface area contributed by atoms with Gasteiger partial charge in [-0.2, -0.15) is 0 Å². The quantitative estimate of drug-likeness (QED) is 0.754. The molecule has 3 atom stereocenters. The van der Waals surface area contributed by atoms with Crippen molar-refractivity contribution in [3.8, 4) is 11.3 Å². The van der Waals surface area contributed by atoms with Crippen LogP contribution in [0.3, 0.4) is 0 Å². The van der Waals surface area contributed by atoms with Crippen molar-refractivity contribution >= 4 is 11.8 Å². The second kappa shape index (κ2) is 8.02. The molecule has 1 fully saturated rings. The van der Waals surface area contributed by atoms with Gasteiger partial charge in [-0.1, -0.05) is 6.07 Å². The molecule has 0 radical (unpaired) electrons. The summed E-state index contributed by atoms with van der Waals surface area (Å²) < 4.78 is 33.7. The molecule has 0 saturated heterocycles. The minimum Gasteiger partial charge on any atom is -0.456 e. The van der Waals surface area contributed by atoms with Gasteiger partial charge in [-0.15, -0.1) is 0 Å². The fourth-order valence-electron chi connectivity index (χ4n) is 3.35. The zero-order chi connectivity index (χ0) is 21.3. The molecule has 0 aliphatic heterocycles. The van der Waals surface area contributed by atoms with E-state index in [2.05, 4.69) is 9.97 Å². The lowest BCUT2D eigenvalue weighted by atomic mass is 9.84. The number of aliphatic hydroxyl groups is 1. The number of hydrogen-bond acceptors (Lipinski definition) is 6. The van der Waals surface area contributed by atoms with Gasteiger partial charge in [0.25, 0.3) is 0 Å². The van der Waals surface area contributed by atoms with Crippen molar-refractivity contribution in [1.29, 1.82) is 0 Å². The van der Waals surface area contributed by atoms with E-state index in [4.69, 9.17) is 10.5 Å². The molecule has 1 saturated carbocycles. The SMILES string of the molecule is CC(C)(C)OC(=O)c1ccc(-c2nc([C@H]3CC[C@H](O)[C@H](F)C3)cnc2N)cc1F. The van der Waals surface area contributed by atoms with Gasteiger partial charge in [0, 0.05) is 11.5 Å². The first-order valence-corrected chi connectivity index (χ1v) is 9.53. The monoisotopic (exact) mass is 405 g/mol. The van der Waals surface area contributed by atoms with Crippen molar-refractivity contribution in [1.82, 2.24) is 9.97 Å². The van der Waals surface area contributed by atoms with Crippen LogP contribution in [0.4, 0.5) is 14.6 Å². The molecule has 8 heteroatoms. The van der Waals surface area contributed by atoms with Gasteiger partial charge >= 0.3 is 5.97 Å². The minimum absolute atomic E-state index is 0.103. The molecule has 1 aromatic carbocycles. The molecule has 3 N–H and O–H groups in total. The van der Waals surface area contributed by atoms with E-state index in [1.54, 1.807) is 20.8 Å². The number of carbonyl (C=O) groups excluding carboxylic acids is 1. The van der Waals surface area contributed by atoms with Crippen LogP contribution in [-0.2, 0) is 4.74 Å². The van der Waals surface area contributed by atoms with Crippen LogP contribution in [-0.4, -0.2) is 38.9 Å². The Bertz CT molecular complexity index is 915. The lowest BCUT2D eigenvalue weighted by molar-refractivity contribution is 0.00647. The Balaban J connectivity index is 1.89. The van der Waals surface area contributed by atoms with Crippen molar-refractivity contribution in [3.63, 3.8) is 0 Å². The van der Waals surface area contributed by atoms with E-state index in [0.717, 1.165) is 6.07 Å². The molecular formula is C21H25F2N3O3. The predicted molar refractivity (Wildman–Crippen MR) is 105 cm³/mol. The second-order valence-electron chi connectivity index (χ2n) is 8.32. The molecule has 1 aliphatic carbocycles. The van der Waals surface area contributed by atoms with Crippen LogP contribution in [0.2, 0.25) is 0 Å². The molecule has 1 aliphatic rings. The number of ether oxygens (including phenoxy) is 1. The summed E-state index contributed by atoms with van der Waals surface area (Å²) >= 11 is 0. The fourth-order valence-corrected chi connectivity index (χ4v) is 3.35. The third kappa shape index (κ3) is 4.87. The zero-order valence-electron chi connectivity index (χ0n) is 16.7. The van der Waals surface area contributed by atoms with E-state index in [1.165, 1.54) is 18.3 Å². The summed E-state index contributed by atoms with van der Waals surface area (Å²) in [5.74, 6) is -1.62. The van der Waals surface area contributed by atoms with Crippen LogP contribution >= 0.6 is 0 Å². The number of halogens is 2. The van der Waals surface area contributed by atoms with Crippen LogP contribution in [0.5, 0.6) is 0 Å². The summed E-state index contributed by atoms with van der Waals surface area (Å²) in [4.78, 5) is 20.8. The highest BCUT2D eigenvalue weighted by atomic mass is 19.1. The first-order valence-electron chi connectivity index (χ1n) is 9.53. The second-order valence-corrected chi connectivity index (χ2v) is 8.32. The largest absolute Gasteiger partial charge is 0.456 e. The van der Waals surface area contributed by atoms with Crippen molar-refractivity contribution in [3.05, 3.63) is 41.5 Å². The molecule has 0 unspecified atom stereocenters. The summed E-state index contributed by atoms with van der Waals surface area (Å²) in [6.45, 7) is 5.10. The van der Waals surface area contributed by atoms with Crippen molar-refractivity contribution in [2.75, 3.05) is 5.73 Å². The average Bonchev–Trinajstić information content (AvgIpc) is 2.63. The normalized spacial score (nSPS) is 22.3. The van der Waals surface area contributed by atoms with Gasteiger partial charge in [0.15, 0.2) is 0 Å². The number of aliphatic hydroxyl groups excluding tert-OH is 1. The number of nitrogens with two attached hydrogens (primary N) is 1. The minimum atomic E-state index is -1.32. The Morgan fingerprint density at radius 1 is 1.31 bits per heavy atom. The number of aromatic nitrogens is 2. The number of carbonyl (C=O) groups is 1. The highest BCUT2D eigenvalue weighted by molar-refractivity contribution is 5.90. The van der Waals surface area contributed by atoms with Gasteiger partial charge in [-0.25, -0.2) is 23.5 Å². The predicted octanol–water partition coefficient (Wildman–Crippen LogP) is 3.79. The number of benzene rings is 1. The third-order valence-electron chi connectivity index (χ3n) is 4.84. The molecule has 6 nitrogen and oxygen atoms in total. The van der Waals surface area contributed by atoms with Crippen molar-refractivity contribution < 1.29 is 23.4 Å². The highest BCUT2D eigenvalue weighted by Gasteiger charge is 2.31. The summed E-state index contributed by atoms with van der Waals surface area (Å²) in [5.41, 5.74) is 6.16. The number of hydrogen-bond donors (Lipinski definition) is 2. The topological polar surface area (TPSA) is 98.3 Å². The Labute approximate surface area is 168 Å². The Hall–Kier alpha value is -2.61. The first kappa shape index (κ1) is 21.1. The lowest BCUT2D eigenvalue weighted by Gasteiger charge is -2.28. The number of nitrogens with zero attached hydrogens (tertiary/aromatic N) is 2. The van der Waals surface area contributed by atoms with Gasteiger partial charge in [-0.05, 0) is 52.2 Å². The summed E-state index contributed by atoms with van der Waals surface area (Å²) in [7, 11) is 0. The molecule has 0 bridgehead atoms. The van der Waals surface area contributed by atoms with Crippen molar-refractivity contribution in [2.45, 2.75) is 63.8 Å². The molecule has 1 heterocycles. The van der Waals surface area contributed by atoms with Gasteiger partial charge in [-0.3, -0.25) is 0 Å². The summed E-state index contributed by atoms with van der Waals surface area (Å²) in [6, 6.07) is 4.00. The maximum absolute atomic E-state index is 14.6. The van der Waals surface area contributed by atoms with Crippen LogP contribution in [0.25, 0.3) is 11.3 Å². The van der Waals surface area contributed by atoms with E-state index >= 15 is 0 Å². The first-order chi connectivity index (χ1) is 13.5. The third-order valence-corrected chi connectivity index (χ3v) is 4.84. The van der Waals surface area contributed by atoms with Gasteiger partial charge in [0.2, 0.25) is 0 Å². The van der Waals surface area contributed by atoms with Gasteiger partial charge < -0.3 is 15.6 Å². The summed E-state index contributed by atoms with van der Waals surface area (Å²) in [5, 5.41) is 9.58. The highest BCUT2D eigenvalue weighted by Crippen LogP contribution is 2.35. The van der Waals surface area contributed by atoms with Crippen LogP contribution < -0.4 is 5.73 Å².